The predicted molar refractivity (Wildman–Crippen MR) is 240 cm³/mol. The third kappa shape index (κ3) is 7.08. The van der Waals surface area contributed by atoms with E-state index >= 15 is 4.79 Å². The molecule has 0 saturated carbocycles. The first-order valence-electron chi connectivity index (χ1n) is 21.3. The minimum atomic E-state index is -2.61. The third-order valence-electron chi connectivity index (χ3n) is 13.6. The van der Waals surface area contributed by atoms with Crippen molar-refractivity contribution in [3.63, 3.8) is 0 Å². The topological polar surface area (TPSA) is 112 Å². The fourth-order valence-corrected chi connectivity index (χ4v) is 14.5. The molecule has 4 heterocycles. The van der Waals surface area contributed by atoms with Crippen molar-refractivity contribution in [2.24, 2.45) is 11.0 Å². The minimum absolute atomic E-state index is 0.0400. The molecule has 4 aliphatic rings. The van der Waals surface area contributed by atoms with Gasteiger partial charge in [-0.15, -0.1) is 0 Å². The monoisotopic (exact) mass is 832 g/mol. The average molecular weight is 833 g/mol. The lowest BCUT2D eigenvalue weighted by Gasteiger charge is -2.39. The summed E-state index contributed by atoms with van der Waals surface area (Å²) in [5.74, 6) is -0.0613. The largest absolute Gasteiger partial charge is 0.497 e. The molecule has 5 atom stereocenters. The molecule has 5 aromatic carbocycles. The van der Waals surface area contributed by atoms with Gasteiger partial charge in [0.15, 0.2) is 5.60 Å². The van der Waals surface area contributed by atoms with Crippen molar-refractivity contribution in [3.8, 4) is 5.75 Å². The number of aliphatic hydroxyl groups is 1. The van der Waals surface area contributed by atoms with Gasteiger partial charge < -0.3 is 24.4 Å². The zero-order valence-electron chi connectivity index (χ0n) is 35.2. The van der Waals surface area contributed by atoms with Gasteiger partial charge >= 0.3 is 0 Å². The van der Waals surface area contributed by atoms with Gasteiger partial charge in [0, 0.05) is 30.9 Å². The lowest BCUT2D eigenvalue weighted by Crippen LogP contribution is -2.52. The van der Waals surface area contributed by atoms with Crippen molar-refractivity contribution >= 4 is 48.1 Å². The van der Waals surface area contributed by atoms with Crippen LogP contribution < -0.4 is 19.8 Å². The number of ether oxygens (including phenoxy) is 2. The van der Waals surface area contributed by atoms with Crippen LogP contribution in [0.25, 0.3) is 0 Å². The first-order valence-corrected chi connectivity index (χ1v) is 24.4. The van der Waals surface area contributed by atoms with Crippen LogP contribution in [0.2, 0.25) is 18.6 Å². The first kappa shape index (κ1) is 40.5. The second kappa shape index (κ2) is 16.2. The van der Waals surface area contributed by atoms with Gasteiger partial charge in [-0.3, -0.25) is 14.4 Å². The number of benzene rings is 5. The molecule has 11 heteroatoms. The number of carbonyl (C=O) groups is 3. The molecule has 0 aliphatic carbocycles. The van der Waals surface area contributed by atoms with E-state index in [9.17, 15) is 14.7 Å². The number of nitrogens with zero attached hydrogens (tertiary/aromatic N) is 4. The van der Waals surface area contributed by atoms with E-state index < -0.39 is 19.8 Å². The second-order valence-corrected chi connectivity index (χ2v) is 22.1. The standard InChI is InChI=1S/C50H52N4O6Si/c1-33-48(61(3,4)41-22-20-40(59-2)21-23-41)45(29-47(57)52-31-37-18-12-11-17-36(37)27-39(52)32-55)60-50(33)42-28-38(54-46(56)26-24-43(51-54)35-15-9-6-10-16-35)19-25-44(42)53(49(50)58)30-34-13-7-5-8-14-34/h5-23,25,28,33,39,45,48,55H,24,26-27,29-32H2,1-4H3/t33-,39-,45+,48-,50+/m0/s1. The molecule has 61 heavy (non-hydrogen) atoms. The molecule has 3 amide bonds. The minimum Gasteiger partial charge on any atom is -0.497 e. The smallest absolute Gasteiger partial charge is 0.264 e. The van der Waals surface area contributed by atoms with Crippen LogP contribution in [0, 0.1) is 5.92 Å². The molecule has 10 nitrogen and oxygen atoms in total. The fourth-order valence-electron chi connectivity index (χ4n) is 10.5. The van der Waals surface area contributed by atoms with Crippen molar-refractivity contribution in [3.05, 3.63) is 155 Å². The zero-order valence-corrected chi connectivity index (χ0v) is 36.2. The maximum absolute atomic E-state index is 15.6. The molecule has 1 spiro atoms. The third-order valence-corrected chi connectivity index (χ3v) is 18.0. The molecule has 312 valence electrons. The second-order valence-electron chi connectivity index (χ2n) is 17.4. The van der Waals surface area contributed by atoms with Crippen LogP contribution in [-0.4, -0.2) is 67.4 Å². The molecule has 0 radical (unpaired) electrons. The van der Waals surface area contributed by atoms with E-state index in [1.807, 2.05) is 114 Å². The summed E-state index contributed by atoms with van der Waals surface area (Å²) in [6.45, 7) is 7.26. The zero-order chi connectivity index (χ0) is 42.5. The number of fused-ring (bicyclic) bond motifs is 3. The van der Waals surface area contributed by atoms with Crippen LogP contribution in [0.1, 0.15) is 54.0 Å². The summed E-state index contributed by atoms with van der Waals surface area (Å²) in [7, 11) is -0.958. The summed E-state index contributed by atoms with van der Waals surface area (Å²) in [5.41, 5.74) is 5.21. The molecule has 1 saturated heterocycles. The Balaban J connectivity index is 1.16. The first-order chi connectivity index (χ1) is 29.5. The van der Waals surface area contributed by atoms with Crippen LogP contribution in [0.3, 0.4) is 0 Å². The van der Waals surface area contributed by atoms with Gasteiger partial charge in [0.2, 0.25) is 11.8 Å². The summed E-state index contributed by atoms with van der Waals surface area (Å²) >= 11 is 0. The SMILES string of the molecule is COc1ccc([Si](C)(C)[C@@H]2[C@@H](CC(=O)N3Cc4ccccc4C[C@H]3CO)O[C@]3(C(=O)N(Cc4ccccc4)c4ccc(N5N=C(c6ccccc6)CCC5=O)cc43)[C@H]2C)cc1. The molecule has 0 unspecified atom stereocenters. The Morgan fingerprint density at radius 1 is 0.885 bits per heavy atom. The van der Waals surface area contributed by atoms with Crippen LogP contribution in [0.5, 0.6) is 5.75 Å². The Labute approximate surface area is 358 Å². The molecule has 0 aromatic heterocycles. The predicted octanol–water partition coefficient (Wildman–Crippen LogP) is 7.33. The quantitative estimate of drug-likeness (QED) is 0.148. The van der Waals surface area contributed by atoms with E-state index in [-0.39, 0.29) is 48.3 Å². The summed E-state index contributed by atoms with van der Waals surface area (Å²) in [5, 5.41) is 18.1. The van der Waals surface area contributed by atoms with Crippen molar-refractivity contribution in [2.75, 3.05) is 23.6 Å². The average Bonchev–Trinajstić information content (AvgIpc) is 3.71. The molecular weight excluding hydrogens is 781 g/mol. The molecule has 1 fully saturated rings. The molecule has 4 aliphatic heterocycles. The Bertz CT molecular complexity index is 2500. The van der Waals surface area contributed by atoms with E-state index in [4.69, 9.17) is 14.6 Å². The normalized spacial score (nSPS) is 23.6. The highest BCUT2D eigenvalue weighted by molar-refractivity contribution is 6.91. The summed E-state index contributed by atoms with van der Waals surface area (Å²) in [6, 6.07) is 41.4. The van der Waals surface area contributed by atoms with Crippen molar-refractivity contribution < 1.29 is 29.0 Å². The van der Waals surface area contributed by atoms with E-state index in [2.05, 4.69) is 38.2 Å². The van der Waals surface area contributed by atoms with Crippen molar-refractivity contribution in [1.82, 2.24) is 4.90 Å². The van der Waals surface area contributed by atoms with E-state index in [1.165, 1.54) is 5.01 Å². The van der Waals surface area contributed by atoms with Crippen LogP contribution in [0.4, 0.5) is 11.4 Å². The van der Waals surface area contributed by atoms with E-state index in [1.54, 1.807) is 12.0 Å². The lowest BCUT2D eigenvalue weighted by molar-refractivity contribution is -0.151. The highest BCUT2D eigenvalue weighted by Gasteiger charge is 2.66. The number of carbonyl (C=O) groups excluding carboxylic acids is 3. The van der Waals surface area contributed by atoms with Crippen LogP contribution >= 0.6 is 0 Å². The number of hydrazone groups is 1. The lowest BCUT2D eigenvalue weighted by atomic mass is 9.82. The maximum Gasteiger partial charge on any atom is 0.264 e. The van der Waals surface area contributed by atoms with Gasteiger partial charge in [-0.05, 0) is 64.5 Å². The van der Waals surface area contributed by atoms with E-state index in [0.29, 0.717) is 49.3 Å². The van der Waals surface area contributed by atoms with Gasteiger partial charge in [0.1, 0.15) is 5.75 Å². The number of amides is 3. The van der Waals surface area contributed by atoms with Crippen molar-refractivity contribution in [1.29, 1.82) is 0 Å². The number of anilines is 2. The number of hydrogen-bond donors (Lipinski definition) is 1. The Morgan fingerprint density at radius 3 is 2.28 bits per heavy atom. The Kier molecular flexibility index (Phi) is 10.8. The van der Waals surface area contributed by atoms with Gasteiger partial charge in [0.25, 0.3) is 5.91 Å². The molecule has 0 bridgehead atoms. The molecule has 1 N–H and O–H groups in total. The Morgan fingerprint density at radius 2 is 1.57 bits per heavy atom. The highest BCUT2D eigenvalue weighted by Crippen LogP contribution is 2.60. The van der Waals surface area contributed by atoms with Gasteiger partial charge in [-0.25, -0.2) is 5.01 Å². The van der Waals surface area contributed by atoms with Gasteiger partial charge in [0.05, 0.1) is 64.0 Å². The van der Waals surface area contributed by atoms with Crippen molar-refractivity contribution in [2.45, 2.75) is 82.1 Å². The summed E-state index contributed by atoms with van der Waals surface area (Å²) in [4.78, 5) is 47.7. The number of methoxy groups -OCH3 is 1. The van der Waals surface area contributed by atoms with Gasteiger partial charge in [-0.1, -0.05) is 122 Å². The summed E-state index contributed by atoms with van der Waals surface area (Å²) < 4.78 is 13.0. The number of rotatable bonds is 10. The van der Waals surface area contributed by atoms with Crippen LogP contribution in [0.15, 0.2) is 132 Å². The fraction of sp³-hybridized carbons (Fsp3) is 0.320. The Hall–Kier alpha value is -5.88. The number of hydrogen-bond acceptors (Lipinski definition) is 7. The maximum atomic E-state index is 15.6. The number of aliphatic hydroxyl groups excluding tert-OH is 1. The highest BCUT2D eigenvalue weighted by atomic mass is 28.3. The van der Waals surface area contributed by atoms with E-state index in [0.717, 1.165) is 38.9 Å². The van der Waals surface area contributed by atoms with Crippen LogP contribution in [-0.2, 0) is 44.2 Å². The molecular formula is C50H52N4O6Si. The molecule has 9 rings (SSSR count). The van der Waals surface area contributed by atoms with Gasteiger partial charge in [-0.2, -0.15) is 5.10 Å². The molecule has 5 aromatic rings. The summed E-state index contributed by atoms with van der Waals surface area (Å²) in [6.07, 6.45) is 0.787.